The minimum atomic E-state index is 0.511. The first-order valence-corrected chi connectivity index (χ1v) is 8.87. The summed E-state index contributed by atoms with van der Waals surface area (Å²) in [7, 11) is 0. The normalized spacial score (nSPS) is 15.6. The molecule has 1 heterocycles. The standard InChI is InChI=1S/C19H21ClN4O/c20-18-12-16(6-7-19(18)25-17-4-2-1-3-5-17)14-24-10-8-15(9-11-24)13-22-23-21/h1-7,12,15H,8-11,13-14H2. The van der Waals surface area contributed by atoms with Gasteiger partial charge in [-0.15, -0.1) is 0 Å². The van der Waals surface area contributed by atoms with Crippen molar-refractivity contribution in [2.75, 3.05) is 19.6 Å². The molecule has 2 aromatic rings. The van der Waals surface area contributed by atoms with Gasteiger partial charge in [-0.25, -0.2) is 0 Å². The number of nitrogens with zero attached hydrogens (tertiary/aromatic N) is 4. The van der Waals surface area contributed by atoms with Crippen molar-refractivity contribution in [3.05, 3.63) is 69.6 Å². The number of piperidine rings is 1. The highest BCUT2D eigenvalue weighted by atomic mass is 35.5. The number of hydrogen-bond acceptors (Lipinski definition) is 3. The molecule has 0 saturated carbocycles. The molecule has 1 saturated heterocycles. The van der Waals surface area contributed by atoms with Crippen molar-refractivity contribution in [2.45, 2.75) is 19.4 Å². The molecule has 0 radical (unpaired) electrons. The summed E-state index contributed by atoms with van der Waals surface area (Å²) in [4.78, 5) is 5.26. The summed E-state index contributed by atoms with van der Waals surface area (Å²) in [6.45, 7) is 3.53. The van der Waals surface area contributed by atoms with Gasteiger partial charge in [0.2, 0.25) is 0 Å². The summed E-state index contributed by atoms with van der Waals surface area (Å²) < 4.78 is 5.82. The predicted octanol–water partition coefficient (Wildman–Crippen LogP) is 5.65. The maximum Gasteiger partial charge on any atom is 0.146 e. The average molecular weight is 357 g/mol. The Morgan fingerprint density at radius 2 is 1.92 bits per heavy atom. The molecule has 1 fully saturated rings. The zero-order valence-corrected chi connectivity index (χ0v) is 14.8. The van der Waals surface area contributed by atoms with E-state index in [-0.39, 0.29) is 0 Å². The van der Waals surface area contributed by atoms with Crippen LogP contribution in [0.15, 0.2) is 53.6 Å². The Labute approximate surface area is 152 Å². The van der Waals surface area contributed by atoms with E-state index in [0.29, 0.717) is 23.2 Å². The van der Waals surface area contributed by atoms with Gasteiger partial charge in [0.1, 0.15) is 11.5 Å². The molecule has 0 amide bonds. The smallest absolute Gasteiger partial charge is 0.146 e. The Morgan fingerprint density at radius 3 is 2.60 bits per heavy atom. The summed E-state index contributed by atoms with van der Waals surface area (Å²) in [5.41, 5.74) is 9.59. The lowest BCUT2D eigenvalue weighted by Crippen LogP contribution is -2.34. The molecule has 0 N–H and O–H groups in total. The van der Waals surface area contributed by atoms with Crippen LogP contribution in [-0.2, 0) is 6.54 Å². The fourth-order valence-electron chi connectivity index (χ4n) is 3.08. The summed E-state index contributed by atoms with van der Waals surface area (Å²) in [6.07, 6.45) is 2.14. The number of benzene rings is 2. The molecule has 1 aliphatic rings. The van der Waals surface area contributed by atoms with Gasteiger partial charge < -0.3 is 4.74 Å². The van der Waals surface area contributed by atoms with Crippen LogP contribution in [-0.4, -0.2) is 24.5 Å². The molecule has 5 nitrogen and oxygen atoms in total. The Hall–Kier alpha value is -2.20. The lowest BCUT2D eigenvalue weighted by Gasteiger charge is -2.31. The summed E-state index contributed by atoms with van der Waals surface area (Å²) in [6, 6.07) is 15.6. The van der Waals surface area contributed by atoms with E-state index >= 15 is 0 Å². The quantitative estimate of drug-likeness (QED) is 0.381. The molecular weight excluding hydrogens is 336 g/mol. The molecular formula is C19H21ClN4O. The number of hydrogen-bond donors (Lipinski definition) is 0. The topological polar surface area (TPSA) is 61.2 Å². The zero-order valence-electron chi connectivity index (χ0n) is 14.0. The first kappa shape index (κ1) is 17.6. The molecule has 0 bridgehead atoms. The van der Waals surface area contributed by atoms with Gasteiger partial charge >= 0.3 is 0 Å². The number of likely N-dealkylation sites (tertiary alicyclic amines) is 1. The van der Waals surface area contributed by atoms with E-state index in [1.807, 2.05) is 42.5 Å². The van der Waals surface area contributed by atoms with Crippen LogP contribution < -0.4 is 4.74 Å². The molecule has 0 spiro atoms. The second kappa shape index (κ2) is 8.77. The van der Waals surface area contributed by atoms with Gasteiger partial charge in [0.15, 0.2) is 0 Å². The molecule has 0 aliphatic carbocycles. The van der Waals surface area contributed by atoms with Crippen molar-refractivity contribution < 1.29 is 4.74 Å². The maximum atomic E-state index is 8.41. The van der Waals surface area contributed by atoms with E-state index in [2.05, 4.69) is 21.0 Å². The molecule has 0 atom stereocenters. The zero-order chi connectivity index (χ0) is 17.5. The molecule has 3 rings (SSSR count). The van der Waals surface area contributed by atoms with Gasteiger partial charge in [-0.1, -0.05) is 41.0 Å². The monoisotopic (exact) mass is 356 g/mol. The van der Waals surface area contributed by atoms with Crippen molar-refractivity contribution >= 4 is 11.6 Å². The van der Waals surface area contributed by atoms with E-state index < -0.39 is 0 Å². The summed E-state index contributed by atoms with van der Waals surface area (Å²) in [5.74, 6) is 1.96. The van der Waals surface area contributed by atoms with Gasteiger partial charge in [-0.05, 0) is 67.2 Å². The van der Waals surface area contributed by atoms with Crippen molar-refractivity contribution in [2.24, 2.45) is 11.0 Å². The third-order valence-corrected chi connectivity index (χ3v) is 4.78. The fraction of sp³-hybridized carbons (Fsp3) is 0.368. The highest BCUT2D eigenvalue weighted by Crippen LogP contribution is 2.30. The van der Waals surface area contributed by atoms with Crippen LogP contribution in [0.25, 0.3) is 10.4 Å². The second-order valence-electron chi connectivity index (χ2n) is 6.31. The SMILES string of the molecule is [N-]=[N+]=NCC1CCN(Cc2ccc(Oc3ccccc3)c(Cl)c2)CC1. The van der Waals surface area contributed by atoms with Crippen molar-refractivity contribution in [3.8, 4) is 11.5 Å². The Morgan fingerprint density at radius 1 is 1.16 bits per heavy atom. The van der Waals surface area contributed by atoms with Gasteiger partial charge in [0, 0.05) is 18.0 Å². The molecule has 0 unspecified atom stereocenters. The Balaban J connectivity index is 1.55. The highest BCUT2D eigenvalue weighted by molar-refractivity contribution is 6.32. The van der Waals surface area contributed by atoms with Gasteiger partial charge in [-0.2, -0.15) is 0 Å². The molecule has 25 heavy (non-hydrogen) atoms. The molecule has 2 aromatic carbocycles. The van der Waals surface area contributed by atoms with Crippen LogP contribution in [0.5, 0.6) is 11.5 Å². The molecule has 1 aliphatic heterocycles. The van der Waals surface area contributed by atoms with Crippen LogP contribution in [0.2, 0.25) is 5.02 Å². The first-order valence-electron chi connectivity index (χ1n) is 8.49. The number of ether oxygens (including phenoxy) is 1. The van der Waals surface area contributed by atoms with Crippen LogP contribution >= 0.6 is 11.6 Å². The third kappa shape index (κ3) is 5.13. The predicted molar refractivity (Wildman–Crippen MR) is 100.0 cm³/mol. The first-order chi connectivity index (χ1) is 12.2. The van der Waals surface area contributed by atoms with Crippen molar-refractivity contribution in [3.63, 3.8) is 0 Å². The van der Waals surface area contributed by atoms with E-state index in [1.54, 1.807) is 0 Å². The number of halogens is 1. The fourth-order valence-corrected chi connectivity index (χ4v) is 3.32. The minimum absolute atomic E-state index is 0.511. The lowest BCUT2D eigenvalue weighted by molar-refractivity contribution is 0.180. The third-order valence-electron chi connectivity index (χ3n) is 4.48. The van der Waals surface area contributed by atoms with E-state index in [0.717, 1.165) is 38.2 Å². The second-order valence-corrected chi connectivity index (χ2v) is 6.72. The van der Waals surface area contributed by atoms with Crippen LogP contribution in [0, 0.1) is 5.92 Å². The van der Waals surface area contributed by atoms with Crippen LogP contribution in [0.3, 0.4) is 0 Å². The number of azide groups is 1. The van der Waals surface area contributed by atoms with Crippen molar-refractivity contribution in [1.29, 1.82) is 0 Å². The maximum absolute atomic E-state index is 8.41. The number of para-hydroxylation sites is 1. The van der Waals surface area contributed by atoms with Crippen LogP contribution in [0.4, 0.5) is 0 Å². The Bertz CT molecular complexity index is 738. The molecule has 6 heteroatoms. The number of rotatable bonds is 6. The summed E-state index contributed by atoms with van der Waals surface area (Å²) >= 11 is 6.39. The highest BCUT2D eigenvalue weighted by Gasteiger charge is 2.19. The summed E-state index contributed by atoms with van der Waals surface area (Å²) in [5, 5.41) is 4.32. The van der Waals surface area contributed by atoms with Crippen LogP contribution in [0.1, 0.15) is 18.4 Å². The van der Waals surface area contributed by atoms with E-state index in [1.165, 1.54) is 5.56 Å². The van der Waals surface area contributed by atoms with Crippen molar-refractivity contribution in [1.82, 2.24) is 4.90 Å². The minimum Gasteiger partial charge on any atom is -0.456 e. The average Bonchev–Trinajstić information content (AvgIpc) is 2.64. The van der Waals surface area contributed by atoms with Gasteiger partial charge in [0.25, 0.3) is 0 Å². The van der Waals surface area contributed by atoms with Gasteiger partial charge in [0.05, 0.1) is 5.02 Å². The largest absolute Gasteiger partial charge is 0.456 e. The van der Waals surface area contributed by atoms with E-state index in [9.17, 15) is 0 Å². The lowest BCUT2D eigenvalue weighted by atomic mass is 9.97. The Kier molecular flexibility index (Phi) is 6.18. The van der Waals surface area contributed by atoms with Gasteiger partial charge in [-0.3, -0.25) is 4.90 Å². The molecule has 130 valence electrons. The molecule has 0 aromatic heterocycles. The van der Waals surface area contributed by atoms with E-state index in [4.69, 9.17) is 21.9 Å².